The Kier molecular flexibility index (Phi) is 4.21. The highest BCUT2D eigenvalue weighted by Gasteiger charge is 2.31. The minimum Gasteiger partial charge on any atom is -0.338 e. The third-order valence-corrected chi connectivity index (χ3v) is 6.74. The van der Waals surface area contributed by atoms with Crippen LogP contribution in [0.3, 0.4) is 0 Å². The summed E-state index contributed by atoms with van der Waals surface area (Å²) in [6, 6.07) is 8.60. The van der Waals surface area contributed by atoms with Gasteiger partial charge in [-0.2, -0.15) is 14.7 Å². The lowest BCUT2D eigenvalue weighted by atomic mass is 10.2. The zero-order valence-corrected chi connectivity index (χ0v) is 16.1. The number of hydrogen-bond acceptors (Lipinski definition) is 6. The lowest BCUT2D eigenvalue weighted by Gasteiger charge is -2.09. The Bertz CT molecular complexity index is 1280. The fraction of sp³-hybridized carbons (Fsp3) is 0.278. The number of H-pyrrole nitrogens is 1. The molecule has 0 spiro atoms. The van der Waals surface area contributed by atoms with Crippen LogP contribution in [0.5, 0.6) is 0 Å². The van der Waals surface area contributed by atoms with Crippen molar-refractivity contribution in [3.63, 3.8) is 0 Å². The van der Waals surface area contributed by atoms with E-state index >= 15 is 0 Å². The van der Waals surface area contributed by atoms with Crippen molar-refractivity contribution in [1.29, 1.82) is 5.26 Å². The smallest absolute Gasteiger partial charge is 0.261 e. The van der Waals surface area contributed by atoms with Gasteiger partial charge >= 0.3 is 0 Å². The van der Waals surface area contributed by atoms with Crippen LogP contribution in [-0.2, 0) is 16.6 Å². The molecule has 3 heterocycles. The summed E-state index contributed by atoms with van der Waals surface area (Å²) < 4.78 is 27.4. The van der Waals surface area contributed by atoms with Crippen molar-refractivity contribution >= 4 is 32.4 Å². The monoisotopic (exact) mass is 398 g/mol. The van der Waals surface area contributed by atoms with Gasteiger partial charge in [0.15, 0.2) is 5.82 Å². The summed E-state index contributed by atoms with van der Waals surface area (Å²) in [4.78, 5) is 15.3. The summed E-state index contributed by atoms with van der Waals surface area (Å²) in [6.45, 7) is 2.15. The average molecular weight is 398 g/mol. The summed E-state index contributed by atoms with van der Waals surface area (Å²) in [5.74, 6) is 0.357. The van der Waals surface area contributed by atoms with Crippen LogP contribution in [0.25, 0.3) is 10.9 Å². The molecule has 1 aliphatic heterocycles. The molecule has 0 bridgehead atoms. The lowest BCUT2D eigenvalue weighted by Crippen LogP contribution is -2.18. The normalized spacial score (nSPS) is 16.6. The van der Waals surface area contributed by atoms with E-state index < -0.39 is 10.0 Å². The van der Waals surface area contributed by atoms with Crippen molar-refractivity contribution in [2.45, 2.75) is 30.8 Å². The third kappa shape index (κ3) is 2.76. The molecule has 4 rings (SSSR count). The molecule has 0 radical (unpaired) electrons. The maximum Gasteiger partial charge on any atom is 0.261 e. The zero-order valence-electron chi connectivity index (χ0n) is 15.3. The fourth-order valence-electron chi connectivity index (χ4n) is 3.40. The van der Waals surface area contributed by atoms with Gasteiger partial charge in [0.05, 0.1) is 28.9 Å². The molecule has 10 heteroatoms. The number of benzene rings is 1. The molecule has 2 N–H and O–H groups in total. The van der Waals surface area contributed by atoms with E-state index in [-0.39, 0.29) is 22.9 Å². The van der Waals surface area contributed by atoms with E-state index in [1.54, 1.807) is 35.1 Å². The van der Waals surface area contributed by atoms with Crippen molar-refractivity contribution in [3.8, 4) is 6.07 Å². The van der Waals surface area contributed by atoms with Crippen LogP contribution >= 0.6 is 0 Å². The maximum atomic E-state index is 12.4. The summed E-state index contributed by atoms with van der Waals surface area (Å²) in [5, 5.41) is 17.0. The van der Waals surface area contributed by atoms with Gasteiger partial charge < -0.3 is 10.3 Å². The number of anilines is 2. The van der Waals surface area contributed by atoms with E-state index in [4.69, 9.17) is 5.26 Å². The number of sulfonamides is 1. The van der Waals surface area contributed by atoms with E-state index in [1.165, 1.54) is 11.4 Å². The number of nitrogens with zero attached hydrogens (tertiary/aromatic N) is 4. The molecule has 0 aliphatic carbocycles. The van der Waals surface area contributed by atoms with Crippen molar-refractivity contribution in [3.05, 3.63) is 46.4 Å². The summed E-state index contributed by atoms with van der Waals surface area (Å²) in [7, 11) is -1.89. The predicted octanol–water partition coefficient (Wildman–Crippen LogP) is 2.08. The molecule has 28 heavy (non-hydrogen) atoms. The quantitative estimate of drug-likeness (QED) is 0.693. The molecule has 0 fully saturated rings. The van der Waals surface area contributed by atoms with Gasteiger partial charge in [0.2, 0.25) is 10.0 Å². The summed E-state index contributed by atoms with van der Waals surface area (Å²) >= 11 is 0. The average Bonchev–Trinajstić information content (AvgIpc) is 3.11. The van der Waals surface area contributed by atoms with Gasteiger partial charge in [-0.1, -0.05) is 0 Å². The Balaban J connectivity index is 1.79. The van der Waals surface area contributed by atoms with Crippen LogP contribution in [0.15, 0.2) is 40.2 Å². The number of nitrogens with one attached hydrogen (secondary N) is 2. The second-order valence-corrected chi connectivity index (χ2v) is 8.79. The number of hydrogen-bond donors (Lipinski definition) is 2. The standard InChI is InChI=1S/C18H18N6O3S/c1-11(5-7-19)24-14-6-8-20-18(25)16(14)17(22-24)21-13-3-4-15-12(9-13)10-23(2)28(15,26)27/h3-4,6,8-9,11H,5,10H2,1-2H3,(H,20,25)(H,21,22)/t11-/m1/s1. The third-order valence-electron chi connectivity index (χ3n) is 4.84. The maximum absolute atomic E-state index is 12.4. The second kappa shape index (κ2) is 6.47. The Morgan fingerprint density at radius 2 is 2.18 bits per heavy atom. The van der Waals surface area contributed by atoms with Gasteiger partial charge in [-0.25, -0.2) is 8.42 Å². The molecule has 9 nitrogen and oxygen atoms in total. The molecular weight excluding hydrogens is 380 g/mol. The van der Waals surface area contributed by atoms with Gasteiger partial charge in [-0.3, -0.25) is 9.48 Å². The highest BCUT2D eigenvalue weighted by atomic mass is 32.2. The molecule has 1 aliphatic rings. The molecule has 0 amide bonds. The number of rotatable bonds is 4. The Hall–Kier alpha value is -3.16. The number of aromatic nitrogens is 3. The van der Waals surface area contributed by atoms with E-state index in [9.17, 15) is 13.2 Å². The van der Waals surface area contributed by atoms with Gasteiger partial charge in [0.25, 0.3) is 5.56 Å². The lowest BCUT2D eigenvalue weighted by molar-refractivity contribution is 0.488. The first kappa shape index (κ1) is 18.2. The van der Waals surface area contributed by atoms with Crippen LogP contribution < -0.4 is 10.9 Å². The molecule has 1 atom stereocenters. The van der Waals surface area contributed by atoms with Crippen molar-refractivity contribution in [1.82, 2.24) is 19.1 Å². The fourth-order valence-corrected chi connectivity index (χ4v) is 4.74. The number of nitriles is 1. The van der Waals surface area contributed by atoms with E-state index in [2.05, 4.69) is 21.5 Å². The van der Waals surface area contributed by atoms with Crippen molar-refractivity contribution in [2.75, 3.05) is 12.4 Å². The SMILES string of the molecule is C[C@H](CC#N)n1nc(Nc2ccc3c(c2)CN(C)S3(=O)=O)c2c(=O)[nH]ccc21. The van der Waals surface area contributed by atoms with Crippen LogP contribution in [0.1, 0.15) is 24.9 Å². The molecule has 1 aromatic carbocycles. The number of pyridine rings is 1. The molecule has 0 unspecified atom stereocenters. The first-order chi connectivity index (χ1) is 13.3. The predicted molar refractivity (Wildman–Crippen MR) is 104 cm³/mol. The first-order valence-electron chi connectivity index (χ1n) is 8.66. The minimum absolute atomic E-state index is 0.205. The molecule has 144 valence electrons. The molecule has 3 aromatic rings. The van der Waals surface area contributed by atoms with Gasteiger partial charge in [-0.15, -0.1) is 0 Å². The topological polar surface area (TPSA) is 124 Å². The Morgan fingerprint density at radius 1 is 1.39 bits per heavy atom. The number of fused-ring (bicyclic) bond motifs is 2. The van der Waals surface area contributed by atoms with Crippen molar-refractivity contribution in [2.24, 2.45) is 0 Å². The van der Waals surface area contributed by atoms with Crippen LogP contribution in [0, 0.1) is 11.3 Å². The van der Waals surface area contributed by atoms with Crippen LogP contribution in [-0.4, -0.2) is 34.5 Å². The van der Waals surface area contributed by atoms with Gasteiger partial charge in [-0.05, 0) is 36.8 Å². The highest BCUT2D eigenvalue weighted by Crippen LogP contribution is 2.32. The van der Waals surface area contributed by atoms with Crippen LogP contribution in [0.4, 0.5) is 11.5 Å². The largest absolute Gasteiger partial charge is 0.338 e. The molecule has 0 saturated heterocycles. The van der Waals surface area contributed by atoms with Gasteiger partial charge in [0.1, 0.15) is 5.39 Å². The number of aromatic amines is 1. The first-order valence-corrected chi connectivity index (χ1v) is 10.1. The minimum atomic E-state index is -3.43. The van der Waals surface area contributed by atoms with Crippen molar-refractivity contribution < 1.29 is 8.42 Å². The Labute approximate surface area is 161 Å². The summed E-state index contributed by atoms with van der Waals surface area (Å²) in [6.07, 6.45) is 1.80. The van der Waals surface area contributed by atoms with E-state index in [0.717, 1.165) is 0 Å². The Morgan fingerprint density at radius 3 is 2.93 bits per heavy atom. The highest BCUT2D eigenvalue weighted by molar-refractivity contribution is 7.89. The van der Waals surface area contributed by atoms with Gasteiger partial charge in [0, 0.05) is 25.5 Å². The van der Waals surface area contributed by atoms with E-state index in [0.29, 0.717) is 34.5 Å². The molecule has 2 aromatic heterocycles. The van der Waals surface area contributed by atoms with Crippen LogP contribution in [0.2, 0.25) is 0 Å². The zero-order chi connectivity index (χ0) is 20.1. The summed E-state index contributed by atoms with van der Waals surface area (Å²) in [5.41, 5.74) is 1.64. The molecule has 0 saturated carbocycles. The second-order valence-electron chi connectivity index (χ2n) is 6.78. The molecular formula is C18H18N6O3S. The van der Waals surface area contributed by atoms with E-state index in [1.807, 2.05) is 6.92 Å².